The molecule has 0 aliphatic carbocycles. The number of anilines is 1. The first kappa shape index (κ1) is 16.8. The van der Waals surface area contributed by atoms with Crippen molar-refractivity contribution in [3.05, 3.63) is 54.1 Å². The Morgan fingerprint density at radius 1 is 1.15 bits per heavy atom. The van der Waals surface area contributed by atoms with Crippen LogP contribution in [0, 0.1) is 6.92 Å². The number of para-hydroxylation sites is 1. The lowest BCUT2D eigenvalue weighted by Gasteiger charge is -2.37. The summed E-state index contributed by atoms with van der Waals surface area (Å²) in [4.78, 5) is 14.2. The van der Waals surface area contributed by atoms with Crippen LogP contribution in [0.4, 0.5) is 5.82 Å². The van der Waals surface area contributed by atoms with Gasteiger partial charge < -0.3 is 4.90 Å². The molecule has 0 spiro atoms. The molecule has 2 aromatic heterocycles. The molecule has 1 atom stereocenters. The highest BCUT2D eigenvalue weighted by atomic mass is 15.3. The van der Waals surface area contributed by atoms with Crippen molar-refractivity contribution in [2.24, 2.45) is 0 Å². The Morgan fingerprint density at radius 2 is 2.04 bits per heavy atom. The Labute approximate surface area is 153 Å². The largest absolute Gasteiger partial charge is 0.354 e. The summed E-state index contributed by atoms with van der Waals surface area (Å²) in [6.07, 6.45) is 4.06. The zero-order chi connectivity index (χ0) is 17.9. The Balaban J connectivity index is 1.48. The number of piperidine rings is 1. The standard InChI is InChI=1S/C20H24N6/c1-15-17-8-3-4-9-18(17)23-19(22-15)14-25(2)16-7-6-12-26(13-16)20-10-5-11-21-24-20/h3-5,8-11,16H,6-7,12-14H2,1-2H3/t16-/m0/s1. The lowest BCUT2D eigenvalue weighted by molar-refractivity contribution is 0.203. The van der Waals surface area contributed by atoms with Crippen LogP contribution in [0.15, 0.2) is 42.6 Å². The highest BCUT2D eigenvalue weighted by Gasteiger charge is 2.24. The summed E-state index contributed by atoms with van der Waals surface area (Å²) in [5.74, 6) is 1.85. The van der Waals surface area contributed by atoms with Crippen LogP contribution in [-0.4, -0.2) is 51.2 Å². The maximum atomic E-state index is 4.76. The number of rotatable bonds is 4. The van der Waals surface area contributed by atoms with Crippen LogP contribution < -0.4 is 4.90 Å². The van der Waals surface area contributed by atoms with Crippen LogP contribution >= 0.6 is 0 Å². The molecule has 0 N–H and O–H groups in total. The molecular formula is C20H24N6. The lowest BCUT2D eigenvalue weighted by Crippen LogP contribution is -2.46. The summed E-state index contributed by atoms with van der Waals surface area (Å²) in [5, 5.41) is 9.40. The number of fused-ring (bicyclic) bond motifs is 1. The zero-order valence-electron chi connectivity index (χ0n) is 15.3. The van der Waals surface area contributed by atoms with E-state index in [9.17, 15) is 0 Å². The fourth-order valence-electron chi connectivity index (χ4n) is 3.70. The van der Waals surface area contributed by atoms with Gasteiger partial charge in [-0.15, -0.1) is 5.10 Å². The second-order valence-electron chi connectivity index (χ2n) is 6.98. The molecule has 6 heteroatoms. The number of likely N-dealkylation sites (N-methyl/N-ethyl adjacent to an activating group) is 1. The first-order chi connectivity index (χ1) is 12.7. The minimum Gasteiger partial charge on any atom is -0.354 e. The van der Waals surface area contributed by atoms with Crippen molar-refractivity contribution < 1.29 is 0 Å². The monoisotopic (exact) mass is 348 g/mol. The highest BCUT2D eigenvalue weighted by Crippen LogP contribution is 2.21. The number of nitrogens with zero attached hydrogens (tertiary/aromatic N) is 6. The second-order valence-corrected chi connectivity index (χ2v) is 6.98. The average Bonchev–Trinajstić information content (AvgIpc) is 2.69. The van der Waals surface area contributed by atoms with Crippen LogP contribution in [0.25, 0.3) is 10.9 Å². The third kappa shape index (κ3) is 3.51. The third-order valence-electron chi connectivity index (χ3n) is 5.13. The van der Waals surface area contributed by atoms with Gasteiger partial charge in [0.2, 0.25) is 0 Å². The van der Waals surface area contributed by atoms with E-state index in [4.69, 9.17) is 9.97 Å². The van der Waals surface area contributed by atoms with Gasteiger partial charge in [-0.25, -0.2) is 9.97 Å². The molecule has 1 aromatic carbocycles. The first-order valence-electron chi connectivity index (χ1n) is 9.16. The molecule has 0 unspecified atom stereocenters. The molecule has 0 saturated carbocycles. The smallest absolute Gasteiger partial charge is 0.151 e. The van der Waals surface area contributed by atoms with E-state index in [1.165, 1.54) is 6.42 Å². The Hall–Kier alpha value is -2.60. The maximum absolute atomic E-state index is 4.76. The summed E-state index contributed by atoms with van der Waals surface area (Å²) in [6.45, 7) is 4.81. The van der Waals surface area contributed by atoms with Crippen LogP contribution in [0.5, 0.6) is 0 Å². The lowest BCUT2D eigenvalue weighted by atomic mass is 10.0. The van der Waals surface area contributed by atoms with Gasteiger partial charge in [0.15, 0.2) is 5.82 Å². The summed E-state index contributed by atoms with van der Waals surface area (Å²) in [6, 6.07) is 12.6. The third-order valence-corrected chi connectivity index (χ3v) is 5.13. The quantitative estimate of drug-likeness (QED) is 0.723. The van der Waals surface area contributed by atoms with E-state index >= 15 is 0 Å². The molecule has 1 aliphatic rings. The van der Waals surface area contributed by atoms with E-state index in [2.05, 4.69) is 46.1 Å². The molecule has 1 aliphatic heterocycles. The predicted molar refractivity (Wildman–Crippen MR) is 103 cm³/mol. The van der Waals surface area contributed by atoms with Crippen molar-refractivity contribution in [3.8, 4) is 0 Å². The molecule has 0 radical (unpaired) electrons. The van der Waals surface area contributed by atoms with Gasteiger partial charge in [-0.3, -0.25) is 4.90 Å². The predicted octanol–water partition coefficient (Wildman–Crippen LogP) is 2.83. The summed E-state index contributed by atoms with van der Waals surface area (Å²) < 4.78 is 0. The van der Waals surface area contributed by atoms with Crippen LogP contribution in [0.3, 0.4) is 0 Å². The summed E-state index contributed by atoms with van der Waals surface area (Å²) in [5.41, 5.74) is 2.07. The van der Waals surface area contributed by atoms with Gasteiger partial charge in [0.1, 0.15) is 5.82 Å². The molecule has 0 bridgehead atoms. The number of aromatic nitrogens is 4. The second kappa shape index (κ2) is 7.33. The van der Waals surface area contributed by atoms with Crippen molar-refractivity contribution in [1.29, 1.82) is 0 Å². The number of aryl methyl sites for hydroxylation is 1. The van der Waals surface area contributed by atoms with Crippen molar-refractivity contribution in [2.75, 3.05) is 25.0 Å². The zero-order valence-corrected chi connectivity index (χ0v) is 15.3. The van der Waals surface area contributed by atoms with Gasteiger partial charge in [-0.1, -0.05) is 18.2 Å². The van der Waals surface area contributed by atoms with E-state index in [1.807, 2.05) is 24.3 Å². The van der Waals surface area contributed by atoms with Gasteiger partial charge in [0.05, 0.1) is 12.1 Å². The molecule has 3 aromatic rings. The summed E-state index contributed by atoms with van der Waals surface area (Å²) in [7, 11) is 2.17. The molecule has 0 amide bonds. The van der Waals surface area contributed by atoms with Crippen LogP contribution in [-0.2, 0) is 6.54 Å². The normalized spacial score (nSPS) is 17.8. The molecule has 3 heterocycles. The van der Waals surface area contributed by atoms with E-state index in [-0.39, 0.29) is 0 Å². The number of benzene rings is 1. The summed E-state index contributed by atoms with van der Waals surface area (Å²) >= 11 is 0. The van der Waals surface area contributed by atoms with E-state index in [0.717, 1.165) is 54.3 Å². The van der Waals surface area contributed by atoms with Crippen molar-refractivity contribution in [1.82, 2.24) is 25.1 Å². The van der Waals surface area contributed by atoms with Crippen molar-refractivity contribution in [2.45, 2.75) is 32.4 Å². The van der Waals surface area contributed by atoms with E-state index in [1.54, 1.807) is 6.20 Å². The van der Waals surface area contributed by atoms with Crippen LogP contribution in [0.2, 0.25) is 0 Å². The maximum Gasteiger partial charge on any atom is 0.151 e. The fraction of sp³-hybridized carbons (Fsp3) is 0.400. The van der Waals surface area contributed by atoms with Gasteiger partial charge in [0.25, 0.3) is 0 Å². The van der Waals surface area contributed by atoms with Crippen molar-refractivity contribution >= 4 is 16.7 Å². The Morgan fingerprint density at radius 3 is 2.88 bits per heavy atom. The molecule has 1 fully saturated rings. The van der Waals surface area contributed by atoms with Gasteiger partial charge in [-0.2, -0.15) is 5.10 Å². The average molecular weight is 348 g/mol. The molecule has 134 valence electrons. The van der Waals surface area contributed by atoms with Gasteiger partial charge >= 0.3 is 0 Å². The molecular weight excluding hydrogens is 324 g/mol. The van der Waals surface area contributed by atoms with E-state index in [0.29, 0.717) is 6.04 Å². The fourth-order valence-corrected chi connectivity index (χ4v) is 3.70. The number of hydrogen-bond donors (Lipinski definition) is 0. The Kier molecular flexibility index (Phi) is 4.75. The first-order valence-corrected chi connectivity index (χ1v) is 9.16. The van der Waals surface area contributed by atoms with E-state index < -0.39 is 0 Å². The minimum absolute atomic E-state index is 0.459. The van der Waals surface area contributed by atoms with Gasteiger partial charge in [-0.05, 0) is 45.0 Å². The molecule has 4 rings (SSSR count). The highest BCUT2D eigenvalue weighted by molar-refractivity contribution is 5.80. The molecule has 26 heavy (non-hydrogen) atoms. The minimum atomic E-state index is 0.459. The van der Waals surface area contributed by atoms with Crippen LogP contribution in [0.1, 0.15) is 24.4 Å². The molecule has 6 nitrogen and oxygen atoms in total. The SMILES string of the molecule is Cc1nc(CN(C)[C@H]2CCCN(c3cccnn3)C2)nc2ccccc12. The Bertz CT molecular complexity index is 882. The number of hydrogen-bond acceptors (Lipinski definition) is 6. The topological polar surface area (TPSA) is 58.0 Å². The van der Waals surface area contributed by atoms with Gasteiger partial charge in [0, 0.05) is 36.4 Å². The molecule has 1 saturated heterocycles. The van der Waals surface area contributed by atoms with Crippen molar-refractivity contribution in [3.63, 3.8) is 0 Å².